The lowest BCUT2D eigenvalue weighted by atomic mass is 10.0. The highest BCUT2D eigenvalue weighted by Crippen LogP contribution is 2.43. The fourth-order valence-electron chi connectivity index (χ4n) is 6.15. The van der Waals surface area contributed by atoms with Gasteiger partial charge in [0.05, 0.1) is 13.2 Å². The van der Waals surface area contributed by atoms with Crippen molar-refractivity contribution in [1.29, 1.82) is 0 Å². The molecule has 2 atom stereocenters. The molecule has 0 bridgehead atoms. The number of nitrogens with two attached hydrogens (primary N) is 1. The highest BCUT2D eigenvalue weighted by Gasteiger charge is 2.26. The van der Waals surface area contributed by atoms with E-state index < -0.39 is 26.5 Å². The Kier molecular flexibility index (Phi) is 38.5. The zero-order chi connectivity index (χ0) is 38.2. The third kappa shape index (κ3) is 38.5. The van der Waals surface area contributed by atoms with Crippen molar-refractivity contribution in [2.24, 2.45) is 5.73 Å². The standard InChI is InChI=1S/C42H82NO8P/c1-3-5-7-9-11-13-15-17-19-21-23-25-27-29-31-33-35-42(45)51-40(39-50-52(46,47)49-37-36-43)38-48-41(44)34-32-30-28-26-24-22-20-18-16-14-12-10-8-6-4-2/h10,12,40H,3-9,11,13-39,43H2,1-2H3,(H,46,47)/b12-10+/t40-/m1/s1. The van der Waals surface area contributed by atoms with E-state index >= 15 is 0 Å². The number of unbranched alkanes of at least 4 members (excludes halogenated alkanes) is 26. The van der Waals surface area contributed by atoms with Crippen molar-refractivity contribution in [3.63, 3.8) is 0 Å². The number of ether oxygens (including phenoxy) is 2. The molecular weight excluding hydrogens is 677 g/mol. The monoisotopic (exact) mass is 760 g/mol. The van der Waals surface area contributed by atoms with E-state index in [1.165, 1.54) is 148 Å². The number of hydrogen-bond donors (Lipinski definition) is 2. The average Bonchev–Trinajstić information content (AvgIpc) is 3.13. The maximum absolute atomic E-state index is 12.6. The van der Waals surface area contributed by atoms with Crippen molar-refractivity contribution < 1.29 is 37.6 Å². The molecule has 0 fully saturated rings. The summed E-state index contributed by atoms with van der Waals surface area (Å²) in [5.41, 5.74) is 5.35. The molecule has 0 aliphatic heterocycles. The van der Waals surface area contributed by atoms with Crippen LogP contribution in [0.4, 0.5) is 0 Å². The lowest BCUT2D eigenvalue weighted by Gasteiger charge is -2.19. The van der Waals surface area contributed by atoms with Gasteiger partial charge in [-0.15, -0.1) is 0 Å². The quantitative estimate of drug-likeness (QED) is 0.0270. The van der Waals surface area contributed by atoms with Crippen LogP contribution in [0.25, 0.3) is 0 Å². The largest absolute Gasteiger partial charge is 0.472 e. The molecule has 0 saturated carbocycles. The van der Waals surface area contributed by atoms with Crippen LogP contribution < -0.4 is 5.73 Å². The van der Waals surface area contributed by atoms with Crippen LogP contribution in [0.3, 0.4) is 0 Å². The molecule has 0 radical (unpaired) electrons. The number of allylic oxidation sites excluding steroid dienone is 2. The summed E-state index contributed by atoms with van der Waals surface area (Å²) in [4.78, 5) is 34.8. The molecule has 0 aromatic heterocycles. The second-order valence-electron chi connectivity index (χ2n) is 14.6. The summed E-state index contributed by atoms with van der Waals surface area (Å²) in [6.07, 6.45) is 39.5. The minimum atomic E-state index is -4.37. The Bertz CT molecular complexity index is 871. The summed E-state index contributed by atoms with van der Waals surface area (Å²) in [5.74, 6) is -0.820. The number of esters is 2. The number of hydrogen-bond acceptors (Lipinski definition) is 8. The minimum absolute atomic E-state index is 0.0561. The third-order valence-electron chi connectivity index (χ3n) is 9.40. The molecule has 0 rings (SSSR count). The Balaban J connectivity index is 4.12. The molecule has 0 saturated heterocycles. The van der Waals surface area contributed by atoms with Crippen molar-refractivity contribution in [2.75, 3.05) is 26.4 Å². The fourth-order valence-corrected chi connectivity index (χ4v) is 6.91. The number of rotatable bonds is 41. The highest BCUT2D eigenvalue weighted by atomic mass is 31.2. The van der Waals surface area contributed by atoms with Crippen molar-refractivity contribution in [1.82, 2.24) is 0 Å². The van der Waals surface area contributed by atoms with Gasteiger partial charge in [-0.05, 0) is 32.1 Å². The Morgan fingerprint density at radius 1 is 0.558 bits per heavy atom. The van der Waals surface area contributed by atoms with Gasteiger partial charge in [-0.3, -0.25) is 18.6 Å². The van der Waals surface area contributed by atoms with E-state index in [1.807, 2.05) is 0 Å². The number of carbonyl (C=O) groups is 2. The molecule has 0 aromatic carbocycles. The molecule has 10 heteroatoms. The second kappa shape index (κ2) is 39.4. The van der Waals surface area contributed by atoms with E-state index in [4.69, 9.17) is 24.3 Å². The Hall–Kier alpha value is -1.25. The van der Waals surface area contributed by atoms with Gasteiger partial charge in [0.15, 0.2) is 6.10 Å². The molecule has 9 nitrogen and oxygen atoms in total. The molecule has 0 heterocycles. The summed E-state index contributed by atoms with van der Waals surface area (Å²) in [6.45, 7) is 3.73. The average molecular weight is 760 g/mol. The van der Waals surface area contributed by atoms with Gasteiger partial charge in [0.2, 0.25) is 0 Å². The van der Waals surface area contributed by atoms with Crippen LogP contribution in [0.2, 0.25) is 0 Å². The van der Waals surface area contributed by atoms with Gasteiger partial charge < -0.3 is 20.1 Å². The third-order valence-corrected chi connectivity index (χ3v) is 10.4. The summed E-state index contributed by atoms with van der Waals surface area (Å²) in [5, 5.41) is 0. The van der Waals surface area contributed by atoms with Crippen molar-refractivity contribution >= 4 is 19.8 Å². The van der Waals surface area contributed by atoms with Gasteiger partial charge in [0.25, 0.3) is 0 Å². The number of carbonyl (C=O) groups excluding carboxylic acids is 2. The van der Waals surface area contributed by atoms with Gasteiger partial charge in [-0.2, -0.15) is 0 Å². The first-order valence-corrected chi connectivity index (χ1v) is 23.2. The number of phosphoric acid groups is 1. The number of phosphoric ester groups is 1. The van der Waals surface area contributed by atoms with Gasteiger partial charge >= 0.3 is 19.8 Å². The molecule has 0 amide bonds. The lowest BCUT2D eigenvalue weighted by molar-refractivity contribution is -0.161. The van der Waals surface area contributed by atoms with Crippen LogP contribution in [0.1, 0.15) is 213 Å². The first-order chi connectivity index (χ1) is 25.3. The summed E-state index contributed by atoms with van der Waals surface area (Å²) in [6, 6.07) is 0. The predicted octanol–water partition coefficient (Wildman–Crippen LogP) is 12.2. The van der Waals surface area contributed by atoms with Gasteiger partial charge in [0.1, 0.15) is 6.61 Å². The predicted molar refractivity (Wildman–Crippen MR) is 215 cm³/mol. The zero-order valence-corrected chi connectivity index (χ0v) is 34.7. The van der Waals surface area contributed by atoms with Gasteiger partial charge in [-0.1, -0.05) is 180 Å². The maximum atomic E-state index is 12.6. The van der Waals surface area contributed by atoms with Crippen LogP contribution in [0, 0.1) is 0 Å². The normalized spacial score (nSPS) is 13.4. The second-order valence-corrected chi connectivity index (χ2v) is 16.0. The summed E-state index contributed by atoms with van der Waals surface area (Å²) < 4.78 is 32.8. The van der Waals surface area contributed by atoms with Crippen LogP contribution >= 0.6 is 7.82 Å². The first kappa shape index (κ1) is 50.8. The van der Waals surface area contributed by atoms with Crippen LogP contribution in [-0.4, -0.2) is 49.3 Å². The summed E-state index contributed by atoms with van der Waals surface area (Å²) >= 11 is 0. The Labute approximate surface area is 319 Å². The Morgan fingerprint density at radius 2 is 0.962 bits per heavy atom. The molecule has 308 valence electrons. The lowest BCUT2D eigenvalue weighted by Crippen LogP contribution is -2.29. The van der Waals surface area contributed by atoms with Crippen LogP contribution in [-0.2, 0) is 32.7 Å². The van der Waals surface area contributed by atoms with Gasteiger partial charge in [0, 0.05) is 19.4 Å². The molecule has 0 spiro atoms. The van der Waals surface area contributed by atoms with Crippen molar-refractivity contribution in [2.45, 2.75) is 219 Å². The minimum Gasteiger partial charge on any atom is -0.462 e. The molecule has 52 heavy (non-hydrogen) atoms. The van der Waals surface area contributed by atoms with Crippen LogP contribution in [0.15, 0.2) is 12.2 Å². The SMILES string of the molecule is CCCC/C=C/CCCCCCCCCCCC(=O)OC[C@H](COP(=O)(O)OCCN)OC(=O)CCCCCCCCCCCCCCCCCC. The van der Waals surface area contributed by atoms with E-state index in [-0.39, 0.29) is 38.6 Å². The maximum Gasteiger partial charge on any atom is 0.472 e. The van der Waals surface area contributed by atoms with Crippen molar-refractivity contribution in [3.05, 3.63) is 12.2 Å². The van der Waals surface area contributed by atoms with E-state index in [2.05, 4.69) is 26.0 Å². The first-order valence-electron chi connectivity index (χ1n) is 21.7. The van der Waals surface area contributed by atoms with E-state index in [0.29, 0.717) is 6.42 Å². The zero-order valence-electron chi connectivity index (χ0n) is 33.8. The smallest absolute Gasteiger partial charge is 0.462 e. The van der Waals surface area contributed by atoms with E-state index in [1.54, 1.807) is 0 Å². The van der Waals surface area contributed by atoms with E-state index in [9.17, 15) is 19.0 Å². The summed E-state index contributed by atoms with van der Waals surface area (Å²) in [7, 11) is -4.37. The Morgan fingerprint density at radius 3 is 1.42 bits per heavy atom. The van der Waals surface area contributed by atoms with Gasteiger partial charge in [-0.25, -0.2) is 4.57 Å². The highest BCUT2D eigenvalue weighted by molar-refractivity contribution is 7.47. The molecule has 0 aromatic rings. The molecule has 0 aliphatic carbocycles. The van der Waals surface area contributed by atoms with E-state index in [0.717, 1.165) is 32.1 Å². The van der Waals surface area contributed by atoms with Crippen molar-refractivity contribution in [3.8, 4) is 0 Å². The molecule has 1 unspecified atom stereocenters. The molecule has 0 aliphatic rings. The molecular formula is C42H82NO8P. The molecule has 3 N–H and O–H groups in total. The van der Waals surface area contributed by atoms with Crippen LogP contribution in [0.5, 0.6) is 0 Å². The fraction of sp³-hybridized carbons (Fsp3) is 0.905. The topological polar surface area (TPSA) is 134 Å².